The van der Waals surface area contributed by atoms with Crippen LogP contribution in [0.2, 0.25) is 5.02 Å². The summed E-state index contributed by atoms with van der Waals surface area (Å²) in [6.07, 6.45) is 8.60. The molecule has 3 aromatic heterocycles. The third kappa shape index (κ3) is 4.49. The number of aromatic nitrogens is 6. The zero-order chi connectivity index (χ0) is 19.5. The van der Waals surface area contributed by atoms with E-state index in [-0.39, 0.29) is 5.91 Å². The second-order valence-corrected chi connectivity index (χ2v) is 7.44. The number of carbonyl (C=O) groups is 1. The Labute approximate surface area is 173 Å². The molecule has 1 amide bonds. The Hall–Kier alpha value is -2.91. The van der Waals surface area contributed by atoms with Crippen molar-refractivity contribution >= 4 is 39.1 Å². The van der Waals surface area contributed by atoms with Crippen molar-refractivity contribution in [2.75, 3.05) is 5.32 Å². The lowest BCUT2D eigenvalue weighted by Gasteiger charge is -2.07. The fraction of sp³-hybridized carbons (Fsp3) is 0.111. The number of benzene rings is 1. The highest BCUT2D eigenvalue weighted by Crippen LogP contribution is 2.14. The summed E-state index contributed by atoms with van der Waals surface area (Å²) in [5.74, 6) is -0.278. The van der Waals surface area contributed by atoms with Crippen molar-refractivity contribution in [2.24, 2.45) is 0 Å². The predicted molar refractivity (Wildman–Crippen MR) is 108 cm³/mol. The zero-order valence-corrected chi connectivity index (χ0v) is 16.9. The summed E-state index contributed by atoms with van der Waals surface area (Å²) in [7, 11) is 0. The van der Waals surface area contributed by atoms with Crippen LogP contribution in [0.1, 0.15) is 16.1 Å². The van der Waals surface area contributed by atoms with E-state index < -0.39 is 0 Å². The molecule has 4 rings (SSSR count). The Balaban J connectivity index is 1.41. The molecule has 0 unspecified atom stereocenters. The normalized spacial score (nSPS) is 10.9. The predicted octanol–water partition coefficient (Wildman–Crippen LogP) is 3.50. The molecule has 4 aromatic rings. The van der Waals surface area contributed by atoms with Crippen LogP contribution in [0, 0.1) is 0 Å². The van der Waals surface area contributed by atoms with Gasteiger partial charge >= 0.3 is 0 Å². The number of carbonyl (C=O) groups excluding carboxylic acids is 1. The first-order chi connectivity index (χ1) is 13.5. The lowest BCUT2D eigenvalue weighted by Crippen LogP contribution is -2.15. The van der Waals surface area contributed by atoms with Gasteiger partial charge in [0, 0.05) is 24.3 Å². The van der Waals surface area contributed by atoms with Crippen LogP contribution < -0.4 is 5.32 Å². The SMILES string of the molecule is O=C(Nc1cccc(Cn2cc(Cl)cn2)c1)c1ccn(Cn2cc(Br)cn2)n1. The molecule has 1 N–H and O–H groups in total. The fourth-order valence-corrected chi connectivity index (χ4v) is 3.16. The summed E-state index contributed by atoms with van der Waals surface area (Å²) >= 11 is 9.24. The molecule has 10 heteroatoms. The molecule has 0 saturated carbocycles. The molecule has 0 fully saturated rings. The molecular formula is C18H15BrClN7O. The first-order valence-corrected chi connectivity index (χ1v) is 9.52. The van der Waals surface area contributed by atoms with E-state index in [0.717, 1.165) is 10.0 Å². The first kappa shape index (κ1) is 18.5. The minimum atomic E-state index is -0.278. The summed E-state index contributed by atoms with van der Waals surface area (Å²) in [5, 5.41) is 16.1. The van der Waals surface area contributed by atoms with Crippen LogP contribution >= 0.6 is 27.5 Å². The average molecular weight is 461 g/mol. The van der Waals surface area contributed by atoms with Gasteiger partial charge in [0.1, 0.15) is 6.67 Å². The summed E-state index contributed by atoms with van der Waals surface area (Å²) in [6.45, 7) is 0.977. The molecule has 0 spiro atoms. The van der Waals surface area contributed by atoms with Gasteiger partial charge in [-0.2, -0.15) is 15.3 Å². The summed E-state index contributed by atoms with van der Waals surface area (Å²) < 4.78 is 5.98. The van der Waals surface area contributed by atoms with E-state index in [9.17, 15) is 4.79 Å². The molecule has 3 heterocycles. The number of anilines is 1. The van der Waals surface area contributed by atoms with E-state index in [4.69, 9.17) is 11.6 Å². The van der Waals surface area contributed by atoms with Crippen molar-refractivity contribution < 1.29 is 4.79 Å². The summed E-state index contributed by atoms with van der Waals surface area (Å²) in [6, 6.07) is 9.23. The third-order valence-electron chi connectivity index (χ3n) is 3.90. The van der Waals surface area contributed by atoms with Crippen LogP contribution in [0.4, 0.5) is 5.69 Å². The van der Waals surface area contributed by atoms with Crippen LogP contribution in [-0.4, -0.2) is 35.2 Å². The first-order valence-electron chi connectivity index (χ1n) is 8.35. The van der Waals surface area contributed by atoms with E-state index in [0.29, 0.717) is 29.6 Å². The standard InChI is InChI=1S/C18H15BrClN7O/c19-14-7-21-27(10-14)12-25-5-4-17(24-25)18(28)23-16-3-1-2-13(6-16)9-26-11-15(20)8-22-26/h1-8,10-11H,9,12H2,(H,23,28). The Morgan fingerprint density at radius 2 is 1.96 bits per heavy atom. The van der Waals surface area contributed by atoms with Gasteiger partial charge in [0.05, 0.1) is 28.4 Å². The van der Waals surface area contributed by atoms with Crippen molar-refractivity contribution in [2.45, 2.75) is 13.2 Å². The molecule has 0 radical (unpaired) electrons. The summed E-state index contributed by atoms with van der Waals surface area (Å²) in [4.78, 5) is 12.5. The highest BCUT2D eigenvalue weighted by atomic mass is 79.9. The Morgan fingerprint density at radius 3 is 2.71 bits per heavy atom. The smallest absolute Gasteiger partial charge is 0.276 e. The number of amides is 1. The maximum Gasteiger partial charge on any atom is 0.276 e. The van der Waals surface area contributed by atoms with E-state index in [2.05, 4.69) is 36.5 Å². The minimum absolute atomic E-state index is 0.278. The zero-order valence-electron chi connectivity index (χ0n) is 14.5. The minimum Gasteiger partial charge on any atom is -0.321 e. The van der Waals surface area contributed by atoms with Crippen molar-refractivity contribution in [3.05, 3.63) is 82.1 Å². The van der Waals surface area contributed by atoms with Gasteiger partial charge in [-0.05, 0) is 39.7 Å². The topological polar surface area (TPSA) is 82.6 Å². The van der Waals surface area contributed by atoms with Crippen LogP contribution in [0.5, 0.6) is 0 Å². The van der Waals surface area contributed by atoms with Gasteiger partial charge in [-0.1, -0.05) is 23.7 Å². The van der Waals surface area contributed by atoms with Crippen LogP contribution in [0.3, 0.4) is 0 Å². The van der Waals surface area contributed by atoms with Crippen LogP contribution in [0.25, 0.3) is 0 Å². The van der Waals surface area contributed by atoms with E-state index in [1.807, 2.05) is 30.5 Å². The van der Waals surface area contributed by atoms with Gasteiger partial charge < -0.3 is 5.32 Å². The van der Waals surface area contributed by atoms with Crippen LogP contribution in [0.15, 0.2) is 65.8 Å². The van der Waals surface area contributed by atoms with Gasteiger partial charge in [0.15, 0.2) is 5.69 Å². The molecule has 28 heavy (non-hydrogen) atoms. The van der Waals surface area contributed by atoms with Gasteiger partial charge in [0.25, 0.3) is 5.91 Å². The van der Waals surface area contributed by atoms with E-state index >= 15 is 0 Å². The van der Waals surface area contributed by atoms with Crippen molar-refractivity contribution in [1.82, 2.24) is 29.3 Å². The van der Waals surface area contributed by atoms with Crippen molar-refractivity contribution in [3.63, 3.8) is 0 Å². The largest absolute Gasteiger partial charge is 0.321 e. The number of halogens is 2. The van der Waals surface area contributed by atoms with Crippen molar-refractivity contribution in [1.29, 1.82) is 0 Å². The molecule has 0 saturated heterocycles. The molecule has 0 aliphatic carbocycles. The maximum absolute atomic E-state index is 12.5. The molecule has 0 atom stereocenters. The second-order valence-electron chi connectivity index (χ2n) is 6.09. The number of nitrogens with one attached hydrogen (secondary N) is 1. The lowest BCUT2D eigenvalue weighted by molar-refractivity contribution is 0.102. The number of rotatable bonds is 6. The molecule has 0 aliphatic heterocycles. The molecular weight excluding hydrogens is 446 g/mol. The summed E-state index contributed by atoms with van der Waals surface area (Å²) in [5.41, 5.74) is 2.01. The monoisotopic (exact) mass is 459 g/mol. The van der Waals surface area contributed by atoms with E-state index in [1.54, 1.807) is 44.9 Å². The number of nitrogens with zero attached hydrogens (tertiary/aromatic N) is 6. The quantitative estimate of drug-likeness (QED) is 0.477. The van der Waals surface area contributed by atoms with Crippen LogP contribution in [-0.2, 0) is 13.2 Å². The lowest BCUT2D eigenvalue weighted by atomic mass is 10.2. The third-order valence-corrected chi connectivity index (χ3v) is 4.50. The fourth-order valence-electron chi connectivity index (χ4n) is 2.68. The Morgan fingerprint density at radius 1 is 1.11 bits per heavy atom. The average Bonchev–Trinajstić information content (AvgIpc) is 3.38. The van der Waals surface area contributed by atoms with E-state index in [1.165, 1.54) is 0 Å². The molecule has 0 bridgehead atoms. The molecule has 0 aliphatic rings. The molecule has 1 aromatic carbocycles. The van der Waals surface area contributed by atoms with Gasteiger partial charge in [0.2, 0.25) is 0 Å². The highest BCUT2D eigenvalue weighted by molar-refractivity contribution is 9.10. The van der Waals surface area contributed by atoms with Crippen molar-refractivity contribution in [3.8, 4) is 0 Å². The van der Waals surface area contributed by atoms with Gasteiger partial charge in [-0.15, -0.1) is 0 Å². The van der Waals surface area contributed by atoms with Gasteiger partial charge in [-0.3, -0.25) is 14.2 Å². The Bertz CT molecular complexity index is 1120. The maximum atomic E-state index is 12.5. The number of hydrogen-bond acceptors (Lipinski definition) is 4. The highest BCUT2D eigenvalue weighted by Gasteiger charge is 2.11. The Kier molecular flexibility index (Phi) is 5.27. The number of hydrogen-bond donors (Lipinski definition) is 1. The van der Waals surface area contributed by atoms with Gasteiger partial charge in [-0.25, -0.2) is 4.68 Å². The molecule has 8 nitrogen and oxygen atoms in total. The second kappa shape index (κ2) is 7.99. The molecule has 142 valence electrons.